The van der Waals surface area contributed by atoms with E-state index in [2.05, 4.69) is 411 Å². The van der Waals surface area contributed by atoms with Crippen molar-refractivity contribution in [2.24, 2.45) is 0 Å². The van der Waals surface area contributed by atoms with Gasteiger partial charge >= 0.3 is 0 Å². The number of anilines is 6. The van der Waals surface area contributed by atoms with Crippen LogP contribution in [0.1, 0.15) is 97.4 Å². The molecule has 2 heterocycles. The fourth-order valence-corrected chi connectivity index (χ4v) is 30.0. The predicted octanol–water partition coefficient (Wildman–Crippen LogP) is 27.0. The van der Waals surface area contributed by atoms with E-state index in [1.807, 2.05) is 24.3 Å². The lowest BCUT2D eigenvalue weighted by Crippen LogP contribution is -2.74. The number of nitriles is 1. The Labute approximate surface area is 716 Å². The number of rotatable bonds is 18. The summed E-state index contributed by atoms with van der Waals surface area (Å²) < 4.78 is 14.4. The summed E-state index contributed by atoms with van der Waals surface area (Å²) >= 11 is 0. The van der Waals surface area contributed by atoms with E-state index in [-0.39, 0.29) is 17.4 Å². The lowest BCUT2D eigenvalue weighted by molar-refractivity contribution is 0.668. The number of hydrogen-bond acceptors (Lipinski definition) is 5. The van der Waals surface area contributed by atoms with Gasteiger partial charge in [0.05, 0.1) is 46.3 Å². The Hall–Kier alpha value is -14.1. The number of aryl methyl sites for hydroxylation is 5. The fraction of sp³-hybridized carbons (Fsp3) is 0.123. The second-order valence-corrected chi connectivity index (χ2v) is 42.3. The monoisotopic (exact) mass is 1600 g/mol. The molecule has 0 aliphatic heterocycles. The van der Waals surface area contributed by atoms with Gasteiger partial charge in [0.2, 0.25) is 5.69 Å². The first-order chi connectivity index (χ1) is 59.5. The summed E-state index contributed by atoms with van der Waals surface area (Å²) in [6.07, 6.45) is 8.19. The molecule has 0 fully saturated rings. The largest absolute Gasteiger partial charge is 0.454 e. The van der Waals surface area contributed by atoms with Crippen molar-refractivity contribution in [1.29, 1.82) is 5.26 Å². The van der Waals surface area contributed by atoms with Crippen LogP contribution in [0.4, 0.5) is 39.8 Å². The van der Waals surface area contributed by atoms with E-state index < -0.39 is 16.1 Å². The summed E-state index contributed by atoms with van der Waals surface area (Å²) in [5.41, 5.74) is 22.9. The van der Waals surface area contributed by atoms with Crippen molar-refractivity contribution < 1.29 is 8.83 Å². The van der Waals surface area contributed by atoms with Gasteiger partial charge in [0, 0.05) is 32.3 Å². The summed E-state index contributed by atoms with van der Waals surface area (Å²) in [5, 5.41) is 31.7. The highest BCUT2D eigenvalue weighted by molar-refractivity contribution is 7.20. The van der Waals surface area contributed by atoms with Crippen molar-refractivity contribution in [2.75, 3.05) is 9.80 Å². The van der Waals surface area contributed by atoms with E-state index >= 15 is 0 Å². The van der Waals surface area contributed by atoms with Gasteiger partial charge in [-0.25, -0.2) is 4.85 Å². The van der Waals surface area contributed by atoms with Crippen molar-refractivity contribution in [3.05, 3.63) is 407 Å². The average Bonchev–Trinajstić information content (AvgIpc) is 0.856. The molecule has 1 aliphatic carbocycles. The third-order valence-electron chi connectivity index (χ3n) is 26.2. The molecule has 19 aromatic rings. The molecular formula is C114H92N4O2Si2. The molecular weight excluding hydrogens is 1510 g/mol. The maximum absolute atomic E-state index is 12.0. The molecule has 588 valence electrons. The molecule has 0 spiro atoms. The van der Waals surface area contributed by atoms with E-state index in [0.717, 1.165) is 139 Å². The second-order valence-electron chi connectivity index (χ2n) is 34.4. The van der Waals surface area contributed by atoms with Crippen LogP contribution in [0.25, 0.3) is 103 Å². The molecule has 0 bridgehead atoms. The van der Waals surface area contributed by atoms with Crippen LogP contribution in [-0.2, 0) is 0 Å². The average molecular weight is 1610 g/mol. The Morgan fingerprint density at radius 3 is 1.21 bits per heavy atom. The zero-order valence-corrected chi connectivity index (χ0v) is 72.5. The summed E-state index contributed by atoms with van der Waals surface area (Å²) in [7, 11) is -5.97. The molecule has 2 aromatic heterocycles. The van der Waals surface area contributed by atoms with Crippen LogP contribution in [0.5, 0.6) is 0 Å². The molecule has 17 aromatic carbocycles. The van der Waals surface area contributed by atoms with Gasteiger partial charge in [-0.05, 0) is 211 Å². The molecule has 0 amide bonds. The number of furan rings is 2. The van der Waals surface area contributed by atoms with Gasteiger partial charge in [-0.15, -0.1) is 0 Å². The van der Waals surface area contributed by atoms with Crippen LogP contribution in [-0.4, -0.2) is 16.1 Å². The third kappa shape index (κ3) is 12.6. The Balaban J connectivity index is 0.837. The normalized spacial score (nSPS) is 13.2. The summed E-state index contributed by atoms with van der Waals surface area (Å²) in [5.74, 6) is 0.0628. The number of allylic oxidation sites excluding steroid dienone is 4. The lowest BCUT2D eigenvalue weighted by Gasteiger charge is -2.40. The third-order valence-corrected chi connectivity index (χ3v) is 36.2. The zero-order chi connectivity index (χ0) is 83.4. The molecule has 20 rings (SSSR count). The minimum atomic E-state index is -3.05. The quantitative estimate of drug-likeness (QED) is 0.0371. The van der Waals surface area contributed by atoms with Gasteiger partial charge in [0.15, 0.2) is 27.3 Å². The van der Waals surface area contributed by atoms with Gasteiger partial charge in [0.25, 0.3) is 0 Å². The second kappa shape index (κ2) is 30.6. The summed E-state index contributed by atoms with van der Waals surface area (Å²) in [4.78, 5) is 9.23. The molecule has 0 saturated carbocycles. The van der Waals surface area contributed by atoms with Crippen LogP contribution in [0.15, 0.2) is 360 Å². The van der Waals surface area contributed by atoms with E-state index in [4.69, 9.17) is 8.83 Å². The number of benzene rings is 17. The van der Waals surface area contributed by atoms with Crippen molar-refractivity contribution in [3.8, 4) is 28.3 Å². The van der Waals surface area contributed by atoms with Crippen LogP contribution in [0, 0.1) is 52.5 Å². The lowest BCUT2D eigenvalue weighted by atomic mass is 9.84. The summed E-state index contributed by atoms with van der Waals surface area (Å²) in [6.45, 7) is 31.7. The molecule has 6 nitrogen and oxygen atoms in total. The van der Waals surface area contributed by atoms with Crippen molar-refractivity contribution in [2.45, 2.75) is 93.0 Å². The topological polar surface area (TPSA) is 60.9 Å². The Bertz CT molecular complexity index is 7360. The number of fused-ring (bicyclic) bond motifs is 6. The summed E-state index contributed by atoms with van der Waals surface area (Å²) in [6, 6.07) is 125. The maximum Gasteiger partial charge on any atom is 0.210 e. The van der Waals surface area contributed by atoms with Crippen LogP contribution >= 0.6 is 0 Å². The minimum Gasteiger partial charge on any atom is -0.454 e. The smallest absolute Gasteiger partial charge is 0.210 e. The van der Waals surface area contributed by atoms with Crippen LogP contribution < -0.4 is 46.1 Å². The van der Waals surface area contributed by atoms with E-state index in [0.29, 0.717) is 22.4 Å². The van der Waals surface area contributed by atoms with E-state index in [1.165, 1.54) is 69.7 Å². The molecule has 0 radical (unpaired) electrons. The first-order valence-electron chi connectivity index (χ1n) is 42.7. The molecule has 0 N–H and O–H groups in total. The molecule has 1 unspecified atom stereocenters. The minimum absolute atomic E-state index is 0.0313. The first kappa shape index (κ1) is 76.5. The van der Waals surface area contributed by atoms with Crippen molar-refractivity contribution in [3.63, 3.8) is 0 Å². The fourth-order valence-electron chi connectivity index (χ4n) is 20.0. The predicted molar refractivity (Wildman–Crippen MR) is 520 cm³/mol. The highest BCUT2D eigenvalue weighted by Crippen LogP contribution is 2.55. The number of nitrogens with zero attached hydrogens (tertiary/aromatic N) is 4. The van der Waals surface area contributed by atoms with Gasteiger partial charge in [0.1, 0.15) is 17.2 Å². The van der Waals surface area contributed by atoms with Crippen molar-refractivity contribution >= 4 is 168 Å². The molecule has 1 aliphatic rings. The molecule has 0 saturated heterocycles. The zero-order valence-electron chi connectivity index (χ0n) is 70.5. The van der Waals surface area contributed by atoms with Crippen LogP contribution in [0.2, 0.25) is 5.54 Å². The first-order valence-corrected chi connectivity index (χ1v) is 46.7. The highest BCUT2D eigenvalue weighted by Gasteiger charge is 2.47. The Kier molecular flexibility index (Phi) is 19.2. The highest BCUT2D eigenvalue weighted by atomic mass is 28.3. The number of para-hydroxylation sites is 4. The van der Waals surface area contributed by atoms with Gasteiger partial charge in [-0.1, -0.05) is 352 Å². The van der Waals surface area contributed by atoms with Crippen molar-refractivity contribution in [1.82, 2.24) is 0 Å². The van der Waals surface area contributed by atoms with E-state index in [9.17, 15) is 11.8 Å². The molecule has 1 atom stereocenters. The van der Waals surface area contributed by atoms with Crippen LogP contribution in [0.3, 0.4) is 0 Å². The molecule has 122 heavy (non-hydrogen) atoms. The molecule has 8 heteroatoms. The standard InChI is InChI=1S/C114H92N4O2Si2/c1-71(2)100-68-106(117(103-28-18-26-96-92-24-12-14-30-109(92)119-113(96)103)105-66-81(44-45-83(105)70-115)79-20-16-22-90(64-79)121(84-47-32-73(5)33-48-84,85-49-34-74(6)35-50-85)86-51-36-75(7)37-52-86)98-61-59-95-101(72(3)4)69-107(99-62-60-94(100)111(98)112(95)99)118(104-29-19-27-97-93-25-13-15-31-110(93)120-114(97)104)108-67-82(46-63-102(108)116-11)80-21-17-23-91(65-80)122(87-53-38-76(8)39-54-87,88-55-40-77(9)41-56-88)89-57-42-78(10)43-58-89/h12-51,53-69,71-72,86H,52H2,1-10H3. The maximum atomic E-state index is 12.0. The van der Waals surface area contributed by atoms with E-state index in [1.54, 1.807) is 0 Å². The van der Waals surface area contributed by atoms with Gasteiger partial charge in [-0.2, -0.15) is 5.26 Å². The number of hydrogen-bond donors (Lipinski definition) is 0. The van der Waals surface area contributed by atoms with Gasteiger partial charge < -0.3 is 18.6 Å². The Morgan fingerprint density at radius 2 is 0.762 bits per heavy atom. The van der Waals surface area contributed by atoms with Gasteiger partial charge in [-0.3, -0.25) is 0 Å². The SMILES string of the molecule is [C-]#[N+]c1ccc(-c2cccc([Si](c3ccc(C)cc3)(c3ccc(C)cc3)c3ccc(C)cc3)c2)cc1N(c1cc(C(C)C)c2ccc3c(N(c4cc(-c5cccc([Si](c6ccc(C)cc6)(c6ccc(C)cc6)C6C=CC(C)=CC6)c5)ccc4C#N)c4cccc5c4oc4ccccc45)cc(C(C)C)c4ccc1c2c43)c1cccc2c1oc1ccccc12. The Morgan fingerprint density at radius 1 is 0.361 bits per heavy atom.